The SMILES string of the molecule is O=C(CCCOc1cccc2ccccc12)N1CCCCC1C1OCCO1. The van der Waals surface area contributed by atoms with Crippen LogP contribution in [0.25, 0.3) is 10.8 Å². The zero-order valence-corrected chi connectivity index (χ0v) is 15.6. The van der Waals surface area contributed by atoms with Crippen LogP contribution in [-0.4, -0.2) is 49.5 Å². The Hall–Kier alpha value is -2.11. The van der Waals surface area contributed by atoms with Crippen LogP contribution in [0.2, 0.25) is 0 Å². The van der Waals surface area contributed by atoms with E-state index in [2.05, 4.69) is 18.2 Å². The van der Waals surface area contributed by atoms with Crippen molar-refractivity contribution in [3.63, 3.8) is 0 Å². The number of rotatable bonds is 6. The standard InChI is InChI=1S/C22H27NO4/c24-21(23-13-4-3-10-19(23)22-26-15-16-27-22)12-6-14-25-20-11-5-8-17-7-1-2-9-18(17)20/h1-2,5,7-9,11,19,22H,3-4,6,10,12-16H2. The number of nitrogens with zero attached hydrogens (tertiary/aromatic N) is 1. The van der Waals surface area contributed by atoms with Crippen molar-refractivity contribution >= 4 is 16.7 Å². The first-order chi connectivity index (χ1) is 13.3. The average Bonchev–Trinajstić information content (AvgIpc) is 3.26. The Balaban J connectivity index is 1.29. The second kappa shape index (κ2) is 8.72. The molecule has 2 aliphatic rings. The number of hydrogen-bond donors (Lipinski definition) is 0. The number of amides is 1. The molecule has 2 aliphatic heterocycles. The van der Waals surface area contributed by atoms with E-state index < -0.39 is 0 Å². The van der Waals surface area contributed by atoms with Gasteiger partial charge in [0, 0.05) is 18.4 Å². The van der Waals surface area contributed by atoms with Gasteiger partial charge in [0.15, 0.2) is 6.29 Å². The normalized spacial score (nSPS) is 20.9. The Morgan fingerprint density at radius 1 is 1.07 bits per heavy atom. The summed E-state index contributed by atoms with van der Waals surface area (Å²) in [7, 11) is 0. The van der Waals surface area contributed by atoms with Gasteiger partial charge in [-0.1, -0.05) is 36.4 Å². The molecule has 1 amide bonds. The maximum atomic E-state index is 12.7. The van der Waals surface area contributed by atoms with E-state index in [-0.39, 0.29) is 18.2 Å². The van der Waals surface area contributed by atoms with Crippen molar-refractivity contribution in [1.29, 1.82) is 0 Å². The molecular weight excluding hydrogens is 342 g/mol. The predicted octanol–water partition coefficient (Wildman–Crippen LogP) is 3.75. The van der Waals surface area contributed by atoms with Gasteiger partial charge in [0.1, 0.15) is 5.75 Å². The maximum absolute atomic E-state index is 12.7. The molecule has 5 nitrogen and oxygen atoms in total. The molecule has 144 valence electrons. The van der Waals surface area contributed by atoms with Gasteiger partial charge in [-0.25, -0.2) is 0 Å². The molecule has 0 aromatic heterocycles. The number of ether oxygens (including phenoxy) is 3. The maximum Gasteiger partial charge on any atom is 0.223 e. The van der Waals surface area contributed by atoms with E-state index in [1.807, 2.05) is 29.2 Å². The lowest BCUT2D eigenvalue weighted by Gasteiger charge is -2.38. The summed E-state index contributed by atoms with van der Waals surface area (Å²) in [4.78, 5) is 14.7. The molecule has 2 aromatic rings. The van der Waals surface area contributed by atoms with Gasteiger partial charge >= 0.3 is 0 Å². The minimum Gasteiger partial charge on any atom is -0.493 e. The number of hydrogen-bond acceptors (Lipinski definition) is 4. The van der Waals surface area contributed by atoms with E-state index in [4.69, 9.17) is 14.2 Å². The third-order valence-corrected chi connectivity index (χ3v) is 5.37. The molecule has 2 heterocycles. The third kappa shape index (κ3) is 4.25. The van der Waals surface area contributed by atoms with Gasteiger partial charge in [-0.15, -0.1) is 0 Å². The van der Waals surface area contributed by atoms with Crippen LogP contribution in [0.15, 0.2) is 42.5 Å². The van der Waals surface area contributed by atoms with Crippen LogP contribution >= 0.6 is 0 Å². The summed E-state index contributed by atoms with van der Waals surface area (Å²) < 4.78 is 17.3. The number of fused-ring (bicyclic) bond motifs is 1. The van der Waals surface area contributed by atoms with Crippen LogP contribution in [0.3, 0.4) is 0 Å². The van der Waals surface area contributed by atoms with Crippen molar-refractivity contribution in [3.05, 3.63) is 42.5 Å². The summed E-state index contributed by atoms with van der Waals surface area (Å²) in [6.45, 7) is 2.59. The van der Waals surface area contributed by atoms with Gasteiger partial charge in [-0.05, 0) is 37.1 Å². The Morgan fingerprint density at radius 3 is 2.78 bits per heavy atom. The molecule has 0 bridgehead atoms. The highest BCUT2D eigenvalue weighted by Crippen LogP contribution is 2.27. The zero-order chi connectivity index (χ0) is 18.5. The van der Waals surface area contributed by atoms with Crippen molar-refractivity contribution in [2.45, 2.75) is 44.4 Å². The van der Waals surface area contributed by atoms with Crippen LogP contribution in [0.4, 0.5) is 0 Å². The summed E-state index contributed by atoms with van der Waals surface area (Å²) in [6.07, 6.45) is 4.10. The zero-order valence-electron chi connectivity index (χ0n) is 15.6. The largest absolute Gasteiger partial charge is 0.493 e. The predicted molar refractivity (Wildman–Crippen MR) is 104 cm³/mol. The van der Waals surface area contributed by atoms with Crippen LogP contribution in [0.5, 0.6) is 5.75 Å². The first kappa shape index (κ1) is 18.3. The monoisotopic (exact) mass is 369 g/mol. The van der Waals surface area contributed by atoms with E-state index in [0.717, 1.165) is 36.9 Å². The fourth-order valence-corrected chi connectivity index (χ4v) is 4.02. The fourth-order valence-electron chi connectivity index (χ4n) is 4.02. The molecule has 4 rings (SSSR count). The number of benzene rings is 2. The summed E-state index contributed by atoms with van der Waals surface area (Å²) in [5, 5.41) is 2.27. The number of piperidine rings is 1. The summed E-state index contributed by atoms with van der Waals surface area (Å²) in [6, 6.07) is 14.3. The molecule has 2 saturated heterocycles. The highest BCUT2D eigenvalue weighted by atomic mass is 16.7. The molecule has 27 heavy (non-hydrogen) atoms. The summed E-state index contributed by atoms with van der Waals surface area (Å²) in [5.41, 5.74) is 0. The van der Waals surface area contributed by atoms with E-state index >= 15 is 0 Å². The lowest BCUT2D eigenvalue weighted by Crippen LogP contribution is -2.50. The molecule has 5 heteroatoms. The Kier molecular flexibility index (Phi) is 5.90. The highest BCUT2D eigenvalue weighted by molar-refractivity contribution is 5.88. The third-order valence-electron chi connectivity index (χ3n) is 5.37. The van der Waals surface area contributed by atoms with Gasteiger partial charge in [-0.2, -0.15) is 0 Å². The first-order valence-corrected chi connectivity index (χ1v) is 9.96. The molecule has 1 atom stereocenters. The van der Waals surface area contributed by atoms with E-state index in [0.29, 0.717) is 32.7 Å². The van der Waals surface area contributed by atoms with Crippen LogP contribution in [0.1, 0.15) is 32.1 Å². The molecule has 0 spiro atoms. The van der Waals surface area contributed by atoms with Crippen molar-refractivity contribution in [2.24, 2.45) is 0 Å². The van der Waals surface area contributed by atoms with Crippen LogP contribution < -0.4 is 4.74 Å². The topological polar surface area (TPSA) is 48.0 Å². The summed E-state index contributed by atoms with van der Waals surface area (Å²) >= 11 is 0. The lowest BCUT2D eigenvalue weighted by atomic mass is 10.0. The van der Waals surface area contributed by atoms with Gasteiger partial charge < -0.3 is 19.1 Å². The van der Waals surface area contributed by atoms with E-state index in [9.17, 15) is 4.79 Å². The second-order valence-electron chi connectivity index (χ2n) is 7.19. The molecular formula is C22H27NO4. The van der Waals surface area contributed by atoms with Gasteiger partial charge in [0.2, 0.25) is 5.91 Å². The molecule has 0 aliphatic carbocycles. The van der Waals surface area contributed by atoms with Gasteiger partial charge in [0.05, 0.1) is 25.9 Å². The molecule has 2 aromatic carbocycles. The molecule has 2 fully saturated rings. The van der Waals surface area contributed by atoms with Gasteiger partial charge in [-0.3, -0.25) is 4.79 Å². The molecule has 1 unspecified atom stereocenters. The molecule has 0 saturated carbocycles. The summed E-state index contributed by atoms with van der Waals surface area (Å²) in [5.74, 6) is 1.06. The minimum absolute atomic E-state index is 0.0627. The Labute approximate surface area is 160 Å². The lowest BCUT2D eigenvalue weighted by molar-refractivity contribution is -0.150. The Bertz CT molecular complexity index is 767. The first-order valence-electron chi connectivity index (χ1n) is 9.96. The van der Waals surface area contributed by atoms with Crippen LogP contribution in [0, 0.1) is 0 Å². The molecule has 0 N–H and O–H groups in total. The molecule has 0 radical (unpaired) electrons. The van der Waals surface area contributed by atoms with Crippen molar-refractivity contribution in [1.82, 2.24) is 4.90 Å². The quantitative estimate of drug-likeness (QED) is 0.728. The van der Waals surface area contributed by atoms with E-state index in [1.165, 1.54) is 5.39 Å². The minimum atomic E-state index is -0.249. The fraction of sp³-hybridized carbons (Fsp3) is 0.500. The Morgan fingerprint density at radius 2 is 1.89 bits per heavy atom. The smallest absolute Gasteiger partial charge is 0.223 e. The number of carbonyl (C=O) groups is 1. The van der Waals surface area contributed by atoms with Crippen molar-refractivity contribution in [3.8, 4) is 5.75 Å². The van der Waals surface area contributed by atoms with Crippen molar-refractivity contribution < 1.29 is 19.0 Å². The van der Waals surface area contributed by atoms with E-state index in [1.54, 1.807) is 0 Å². The number of likely N-dealkylation sites (tertiary alicyclic amines) is 1. The highest BCUT2D eigenvalue weighted by Gasteiger charge is 2.35. The van der Waals surface area contributed by atoms with Gasteiger partial charge in [0.25, 0.3) is 0 Å². The second-order valence-corrected chi connectivity index (χ2v) is 7.19. The number of carbonyl (C=O) groups excluding carboxylic acids is 1. The van der Waals surface area contributed by atoms with Crippen molar-refractivity contribution in [2.75, 3.05) is 26.4 Å². The van der Waals surface area contributed by atoms with Crippen LogP contribution in [-0.2, 0) is 14.3 Å². The average molecular weight is 369 g/mol.